The average molecular weight is 291 g/mol. The molecule has 1 unspecified atom stereocenters. The first kappa shape index (κ1) is 14.8. The van der Waals surface area contributed by atoms with Gasteiger partial charge in [-0.2, -0.15) is 0 Å². The first-order valence-corrected chi connectivity index (χ1v) is 7.82. The van der Waals surface area contributed by atoms with Gasteiger partial charge in [0.25, 0.3) is 0 Å². The first-order valence-electron chi connectivity index (χ1n) is 6.94. The van der Waals surface area contributed by atoms with Crippen LogP contribution in [-0.4, -0.2) is 22.0 Å². The minimum atomic E-state index is -0.248. The molecule has 0 fully saturated rings. The van der Waals surface area contributed by atoms with Crippen LogP contribution in [0.15, 0.2) is 29.9 Å². The maximum Gasteiger partial charge on any atom is 0.242 e. The van der Waals surface area contributed by atoms with E-state index < -0.39 is 0 Å². The summed E-state index contributed by atoms with van der Waals surface area (Å²) in [5.41, 5.74) is 0. The van der Waals surface area contributed by atoms with Crippen molar-refractivity contribution in [3.63, 3.8) is 0 Å². The molecule has 4 nitrogen and oxygen atoms in total. The first-order chi connectivity index (χ1) is 9.59. The minimum Gasteiger partial charge on any atom is -0.354 e. The van der Waals surface area contributed by atoms with Crippen LogP contribution in [0, 0.1) is 5.92 Å². The number of amides is 1. The number of hydrogen-bond acceptors (Lipinski definition) is 3. The lowest BCUT2D eigenvalue weighted by atomic mass is 10.1. The van der Waals surface area contributed by atoms with Gasteiger partial charge in [0.15, 0.2) is 5.82 Å². The van der Waals surface area contributed by atoms with Crippen molar-refractivity contribution in [2.45, 2.75) is 33.2 Å². The van der Waals surface area contributed by atoms with Crippen LogP contribution < -0.4 is 5.32 Å². The topological polar surface area (TPSA) is 46.9 Å². The monoisotopic (exact) mass is 291 g/mol. The maximum atomic E-state index is 12.2. The number of thiophene rings is 1. The van der Waals surface area contributed by atoms with Gasteiger partial charge in [0.2, 0.25) is 5.91 Å². The number of aromatic nitrogens is 2. The third kappa shape index (κ3) is 3.48. The summed E-state index contributed by atoms with van der Waals surface area (Å²) in [6.07, 6.45) is 4.61. The molecule has 1 N–H and O–H groups in total. The Kier molecular flexibility index (Phi) is 4.95. The molecule has 2 aromatic heterocycles. The average Bonchev–Trinajstić information content (AvgIpc) is 3.07. The Morgan fingerprint density at radius 2 is 2.25 bits per heavy atom. The van der Waals surface area contributed by atoms with Gasteiger partial charge in [0.1, 0.15) is 6.04 Å². The van der Waals surface area contributed by atoms with Crippen LogP contribution in [0.4, 0.5) is 0 Å². The summed E-state index contributed by atoms with van der Waals surface area (Å²) >= 11 is 1.63. The zero-order valence-electron chi connectivity index (χ0n) is 12.2. The van der Waals surface area contributed by atoms with Gasteiger partial charge in [0.05, 0.1) is 4.88 Å². The molecule has 2 aromatic rings. The van der Waals surface area contributed by atoms with Gasteiger partial charge in [0, 0.05) is 18.9 Å². The summed E-state index contributed by atoms with van der Waals surface area (Å²) in [4.78, 5) is 17.6. The Hall–Kier alpha value is -1.62. The van der Waals surface area contributed by atoms with E-state index in [1.807, 2.05) is 35.2 Å². The smallest absolute Gasteiger partial charge is 0.242 e. The molecule has 0 saturated heterocycles. The molecule has 1 atom stereocenters. The fraction of sp³-hybridized carbons (Fsp3) is 0.467. The van der Waals surface area contributed by atoms with E-state index in [1.165, 1.54) is 0 Å². The van der Waals surface area contributed by atoms with Gasteiger partial charge in [-0.3, -0.25) is 4.79 Å². The summed E-state index contributed by atoms with van der Waals surface area (Å²) in [5.74, 6) is 1.49. The summed E-state index contributed by atoms with van der Waals surface area (Å²) in [6.45, 7) is 6.94. The molecule has 0 radical (unpaired) electrons. The van der Waals surface area contributed by atoms with E-state index in [1.54, 1.807) is 17.5 Å². The lowest BCUT2D eigenvalue weighted by Crippen LogP contribution is -2.32. The van der Waals surface area contributed by atoms with Gasteiger partial charge < -0.3 is 9.88 Å². The molecule has 0 aromatic carbocycles. The van der Waals surface area contributed by atoms with Crippen molar-refractivity contribution in [3.8, 4) is 10.7 Å². The van der Waals surface area contributed by atoms with Crippen LogP contribution >= 0.6 is 11.3 Å². The molecule has 0 aliphatic carbocycles. The fourth-order valence-electron chi connectivity index (χ4n) is 1.98. The van der Waals surface area contributed by atoms with Crippen molar-refractivity contribution < 1.29 is 4.79 Å². The second-order valence-electron chi connectivity index (χ2n) is 5.28. The molecule has 2 rings (SSSR count). The number of rotatable bonds is 6. The van der Waals surface area contributed by atoms with E-state index in [2.05, 4.69) is 24.1 Å². The molecule has 0 aliphatic rings. The molecular formula is C15H21N3OS. The second-order valence-corrected chi connectivity index (χ2v) is 6.23. The molecule has 0 saturated carbocycles. The van der Waals surface area contributed by atoms with E-state index in [4.69, 9.17) is 0 Å². The lowest BCUT2D eigenvalue weighted by molar-refractivity contribution is -0.123. The number of hydrogen-bond donors (Lipinski definition) is 1. The van der Waals surface area contributed by atoms with Crippen molar-refractivity contribution in [1.29, 1.82) is 0 Å². The van der Waals surface area contributed by atoms with Crippen LogP contribution in [-0.2, 0) is 4.79 Å². The van der Waals surface area contributed by atoms with Crippen LogP contribution in [0.2, 0.25) is 0 Å². The van der Waals surface area contributed by atoms with Gasteiger partial charge in [-0.25, -0.2) is 4.98 Å². The van der Waals surface area contributed by atoms with E-state index >= 15 is 0 Å². The van der Waals surface area contributed by atoms with E-state index in [-0.39, 0.29) is 11.9 Å². The molecule has 108 valence electrons. The number of carbonyl (C=O) groups is 1. The SMILES string of the molecule is CC(C)CCNC(=O)C(C)n1ccnc1-c1cccs1. The molecule has 0 aliphatic heterocycles. The summed E-state index contributed by atoms with van der Waals surface area (Å²) < 4.78 is 1.93. The van der Waals surface area contributed by atoms with Gasteiger partial charge in [-0.15, -0.1) is 11.3 Å². The summed E-state index contributed by atoms with van der Waals surface area (Å²) in [5, 5.41) is 5.01. The Morgan fingerprint density at radius 1 is 1.45 bits per heavy atom. The molecule has 20 heavy (non-hydrogen) atoms. The Morgan fingerprint density at radius 3 is 2.90 bits per heavy atom. The van der Waals surface area contributed by atoms with Crippen molar-refractivity contribution in [3.05, 3.63) is 29.9 Å². The van der Waals surface area contributed by atoms with Crippen molar-refractivity contribution >= 4 is 17.2 Å². The number of carbonyl (C=O) groups excluding carboxylic acids is 1. The zero-order valence-corrected chi connectivity index (χ0v) is 13.0. The van der Waals surface area contributed by atoms with Crippen molar-refractivity contribution in [2.24, 2.45) is 5.92 Å². The third-order valence-electron chi connectivity index (χ3n) is 3.23. The highest BCUT2D eigenvalue weighted by atomic mass is 32.1. The highest BCUT2D eigenvalue weighted by molar-refractivity contribution is 7.13. The molecular weight excluding hydrogens is 270 g/mol. The minimum absolute atomic E-state index is 0.0430. The summed E-state index contributed by atoms with van der Waals surface area (Å²) in [6, 6.07) is 3.76. The highest BCUT2D eigenvalue weighted by Crippen LogP contribution is 2.25. The number of imidazole rings is 1. The highest BCUT2D eigenvalue weighted by Gasteiger charge is 2.18. The number of nitrogens with one attached hydrogen (secondary N) is 1. The van der Waals surface area contributed by atoms with E-state index in [0.717, 1.165) is 23.7 Å². The standard InChI is InChI=1S/C15H21N3OS/c1-11(2)6-7-17-15(19)12(3)18-9-8-16-14(18)13-5-4-10-20-13/h4-5,8-12H,6-7H2,1-3H3,(H,17,19). The molecule has 5 heteroatoms. The second kappa shape index (κ2) is 6.70. The lowest BCUT2D eigenvalue weighted by Gasteiger charge is -2.16. The predicted octanol–water partition coefficient (Wildman–Crippen LogP) is 3.33. The van der Waals surface area contributed by atoms with Crippen LogP contribution in [0.5, 0.6) is 0 Å². The van der Waals surface area contributed by atoms with Crippen molar-refractivity contribution in [1.82, 2.24) is 14.9 Å². The van der Waals surface area contributed by atoms with Crippen LogP contribution in [0.1, 0.15) is 33.2 Å². The molecule has 1 amide bonds. The quantitative estimate of drug-likeness (QED) is 0.887. The van der Waals surface area contributed by atoms with Crippen LogP contribution in [0.25, 0.3) is 10.7 Å². The predicted molar refractivity (Wildman–Crippen MR) is 82.7 cm³/mol. The van der Waals surface area contributed by atoms with Crippen LogP contribution in [0.3, 0.4) is 0 Å². The Bertz CT molecular complexity index is 545. The third-order valence-corrected chi connectivity index (χ3v) is 4.09. The number of nitrogens with zero attached hydrogens (tertiary/aromatic N) is 2. The fourth-order valence-corrected chi connectivity index (χ4v) is 2.70. The van der Waals surface area contributed by atoms with Gasteiger partial charge in [-0.1, -0.05) is 19.9 Å². The van der Waals surface area contributed by atoms with Gasteiger partial charge >= 0.3 is 0 Å². The largest absolute Gasteiger partial charge is 0.354 e. The Labute approximate surface area is 123 Å². The van der Waals surface area contributed by atoms with Gasteiger partial charge in [-0.05, 0) is 30.7 Å². The molecule has 0 bridgehead atoms. The normalized spacial score (nSPS) is 12.6. The van der Waals surface area contributed by atoms with Crippen molar-refractivity contribution in [2.75, 3.05) is 6.54 Å². The molecule has 0 spiro atoms. The summed E-state index contributed by atoms with van der Waals surface area (Å²) in [7, 11) is 0. The van der Waals surface area contributed by atoms with E-state index in [0.29, 0.717) is 5.92 Å². The zero-order chi connectivity index (χ0) is 14.5. The molecule has 2 heterocycles. The maximum absolute atomic E-state index is 12.2. The Balaban J connectivity index is 2.04. The van der Waals surface area contributed by atoms with E-state index in [9.17, 15) is 4.79 Å².